The number of nitrogens with zero attached hydrogens (tertiary/aromatic N) is 3. The number of hydrogen-bond acceptors (Lipinski definition) is 6. The largest absolute Gasteiger partial charge is 0.481 e. The molecule has 0 radical (unpaired) electrons. The standard InChI is InChI=1S/C37H46F3N5O3/c1-22(2)15-32(45-21-26(13-14-43(7)8)30(16-25(45)5)37(38,39)40)36(48)44(9)31(19-33(46)47)29-18-27(17-28(20-41)35(29)42-6)34-23(3)11-10-12-24(34)4/h10-12,16-18,20-22,31-32H,5,9,13-15,19H2,1-4,6-8H3,(H2-,41,42,46,47)/p+1/t31-,32-/m1/s1. The Balaban J connectivity index is 2.21. The molecule has 258 valence electrons. The molecular weight excluding hydrogens is 619 g/mol. The normalized spacial score (nSPS) is 14.8. The summed E-state index contributed by atoms with van der Waals surface area (Å²) in [5.74, 6) is -1.81. The van der Waals surface area contributed by atoms with E-state index >= 15 is 0 Å². The van der Waals surface area contributed by atoms with Crippen LogP contribution < -0.4 is 5.32 Å². The second-order valence-electron chi connectivity index (χ2n) is 12.9. The first-order chi connectivity index (χ1) is 22.4. The molecule has 0 bridgehead atoms. The molecule has 48 heavy (non-hydrogen) atoms. The average molecular weight is 667 g/mol. The summed E-state index contributed by atoms with van der Waals surface area (Å²) in [5.41, 5.74) is 4.26. The van der Waals surface area contributed by atoms with Crippen molar-refractivity contribution in [2.24, 2.45) is 5.92 Å². The van der Waals surface area contributed by atoms with Gasteiger partial charge in [0.2, 0.25) is 0 Å². The molecule has 1 heterocycles. The zero-order chi connectivity index (χ0) is 36.1. The first-order valence-electron chi connectivity index (χ1n) is 15.8. The van der Waals surface area contributed by atoms with Crippen LogP contribution in [0.2, 0.25) is 0 Å². The first-order valence-corrected chi connectivity index (χ1v) is 15.8. The van der Waals surface area contributed by atoms with E-state index in [0.717, 1.165) is 32.9 Å². The predicted octanol–water partition coefficient (Wildman–Crippen LogP) is 7.33. The highest BCUT2D eigenvalue weighted by molar-refractivity contribution is 5.91. The average Bonchev–Trinajstić information content (AvgIpc) is 2.99. The smallest absolute Gasteiger partial charge is 0.416 e. The zero-order valence-electron chi connectivity index (χ0n) is 28.8. The second-order valence-corrected chi connectivity index (χ2v) is 12.9. The molecule has 0 fully saturated rings. The van der Waals surface area contributed by atoms with Crippen molar-refractivity contribution in [3.63, 3.8) is 0 Å². The first kappa shape index (κ1) is 37.9. The van der Waals surface area contributed by atoms with Crippen LogP contribution in [0.4, 0.5) is 18.9 Å². The van der Waals surface area contributed by atoms with E-state index in [4.69, 9.17) is 5.41 Å². The maximum atomic E-state index is 14.5. The number of alkyl halides is 3. The number of amides is 1. The van der Waals surface area contributed by atoms with E-state index in [-0.39, 0.29) is 30.0 Å². The van der Waals surface area contributed by atoms with E-state index in [1.54, 1.807) is 26.0 Å². The van der Waals surface area contributed by atoms with Gasteiger partial charge < -0.3 is 25.6 Å². The van der Waals surface area contributed by atoms with E-state index in [1.807, 2.05) is 58.0 Å². The summed E-state index contributed by atoms with van der Waals surface area (Å²) in [6, 6.07) is 7.42. The van der Waals surface area contributed by atoms with Gasteiger partial charge in [0, 0.05) is 42.8 Å². The number of halogens is 3. The number of benzene rings is 2. The summed E-state index contributed by atoms with van der Waals surface area (Å²) in [4.78, 5) is 30.1. The van der Waals surface area contributed by atoms with Crippen LogP contribution in [-0.4, -0.2) is 84.2 Å². The molecule has 11 heteroatoms. The molecule has 0 saturated carbocycles. The Morgan fingerprint density at radius 2 is 1.79 bits per heavy atom. The van der Waals surface area contributed by atoms with Gasteiger partial charge in [-0.25, -0.2) is 4.79 Å². The minimum Gasteiger partial charge on any atom is -0.481 e. The lowest BCUT2D eigenvalue weighted by Crippen LogP contribution is -2.45. The number of carboxylic acids is 1. The van der Waals surface area contributed by atoms with E-state index in [1.165, 1.54) is 17.3 Å². The molecule has 0 aromatic heterocycles. The van der Waals surface area contributed by atoms with Gasteiger partial charge in [-0.15, -0.1) is 0 Å². The number of rotatable bonds is 14. The summed E-state index contributed by atoms with van der Waals surface area (Å²) < 4.78 is 43.5. The third-order valence-electron chi connectivity index (χ3n) is 8.49. The number of carbonyl (C=O) groups excluding carboxylic acids is 1. The lowest BCUT2D eigenvalue weighted by atomic mass is 9.89. The summed E-state index contributed by atoms with van der Waals surface area (Å²) in [6.45, 7) is 16.0. The van der Waals surface area contributed by atoms with Gasteiger partial charge in [0.25, 0.3) is 0 Å². The molecule has 1 amide bonds. The topological polar surface area (TPSA) is 99.7 Å². The van der Waals surface area contributed by atoms with Crippen molar-refractivity contribution in [1.29, 1.82) is 5.41 Å². The second kappa shape index (κ2) is 15.6. The monoisotopic (exact) mass is 666 g/mol. The highest BCUT2D eigenvalue weighted by atomic mass is 19.4. The molecule has 0 spiro atoms. The van der Waals surface area contributed by atoms with Crippen LogP contribution in [0.15, 0.2) is 66.0 Å². The molecule has 3 N–H and O–H groups in total. The number of carboxylic acid groups (broad SMARTS) is 1. The van der Waals surface area contributed by atoms with Crippen LogP contribution in [0, 0.1) is 25.2 Å². The number of aryl methyl sites for hydroxylation is 2. The maximum absolute atomic E-state index is 14.5. The molecule has 2 aromatic rings. The number of allylic oxidation sites excluding steroid dienone is 2. The third kappa shape index (κ3) is 8.69. The maximum Gasteiger partial charge on any atom is 0.416 e. The SMILES string of the molecule is C=C1C=C(C(F)(F)F)C(CCN(C)C)=CN1[C@H](CC(C)C)C(=O)[N+](=C)[C@H](CC(=O)O)c1cc(-c2c(C)cccc2C)cc(C=N)c1NC. The van der Waals surface area contributed by atoms with E-state index < -0.39 is 42.1 Å². The van der Waals surface area contributed by atoms with Crippen LogP contribution in [0.25, 0.3) is 11.1 Å². The molecule has 1 aliphatic heterocycles. The van der Waals surface area contributed by atoms with Crippen molar-refractivity contribution in [3.05, 3.63) is 88.3 Å². The summed E-state index contributed by atoms with van der Waals surface area (Å²) in [5, 5.41) is 21.3. The highest BCUT2D eigenvalue weighted by Gasteiger charge is 2.43. The minimum atomic E-state index is -4.62. The van der Waals surface area contributed by atoms with Gasteiger partial charge in [0.1, 0.15) is 13.1 Å². The number of anilines is 1. The van der Waals surface area contributed by atoms with E-state index in [2.05, 4.69) is 18.6 Å². The number of carbonyl (C=O) groups is 2. The van der Waals surface area contributed by atoms with Crippen molar-refractivity contribution in [1.82, 2.24) is 9.80 Å². The van der Waals surface area contributed by atoms with Gasteiger partial charge in [0.05, 0.1) is 11.3 Å². The molecule has 0 unspecified atom stereocenters. The van der Waals surface area contributed by atoms with Crippen molar-refractivity contribution < 1.29 is 32.4 Å². The van der Waals surface area contributed by atoms with Gasteiger partial charge in [0.15, 0.2) is 12.1 Å². The van der Waals surface area contributed by atoms with E-state index in [0.29, 0.717) is 23.4 Å². The van der Waals surface area contributed by atoms with Crippen molar-refractivity contribution in [3.8, 4) is 11.1 Å². The van der Waals surface area contributed by atoms with E-state index in [9.17, 15) is 27.9 Å². The quantitative estimate of drug-likeness (QED) is 0.144. The van der Waals surface area contributed by atoms with Gasteiger partial charge in [-0.3, -0.25) is 4.79 Å². The fourth-order valence-corrected chi connectivity index (χ4v) is 6.20. The fourth-order valence-electron chi connectivity index (χ4n) is 6.20. The van der Waals surface area contributed by atoms with Crippen LogP contribution in [0.5, 0.6) is 0 Å². The highest BCUT2D eigenvalue weighted by Crippen LogP contribution is 2.40. The molecule has 2 atom stereocenters. The molecule has 1 aliphatic rings. The summed E-state index contributed by atoms with van der Waals surface area (Å²) in [6.07, 6.45) is -1.30. The third-order valence-corrected chi connectivity index (χ3v) is 8.49. The molecule has 2 aromatic carbocycles. The Morgan fingerprint density at radius 3 is 2.29 bits per heavy atom. The fraction of sp³-hybridized carbons (Fsp3) is 0.405. The molecule has 8 nitrogen and oxygen atoms in total. The van der Waals surface area contributed by atoms with Crippen molar-refractivity contribution in [2.45, 2.75) is 65.2 Å². The van der Waals surface area contributed by atoms with Crippen LogP contribution >= 0.6 is 0 Å². The van der Waals surface area contributed by atoms with Gasteiger partial charge >= 0.3 is 18.1 Å². The van der Waals surface area contributed by atoms with Crippen LogP contribution in [-0.2, 0) is 9.59 Å². The van der Waals surface area contributed by atoms with Gasteiger partial charge in [-0.2, -0.15) is 17.7 Å². The lowest BCUT2D eigenvalue weighted by molar-refractivity contribution is -0.489. The number of hydrogen-bond donors (Lipinski definition) is 3. The Kier molecular flexibility index (Phi) is 12.3. The lowest BCUT2D eigenvalue weighted by Gasteiger charge is -2.34. The number of aliphatic carboxylic acids is 1. The Morgan fingerprint density at radius 1 is 1.17 bits per heavy atom. The van der Waals surface area contributed by atoms with Crippen LogP contribution in [0.3, 0.4) is 0 Å². The molecule has 3 rings (SSSR count). The Labute approximate surface area is 281 Å². The molecular formula is C37H47F3N5O3+. The van der Waals surface area contributed by atoms with Crippen molar-refractivity contribution in [2.75, 3.05) is 33.0 Å². The van der Waals surface area contributed by atoms with Crippen molar-refractivity contribution >= 4 is 30.5 Å². The van der Waals surface area contributed by atoms with Crippen LogP contribution in [0.1, 0.15) is 61.4 Å². The number of nitrogens with one attached hydrogen (secondary N) is 2. The molecule has 0 saturated heterocycles. The summed E-state index contributed by atoms with van der Waals surface area (Å²) in [7, 11) is 5.19. The van der Waals surface area contributed by atoms with Gasteiger partial charge in [-0.05, 0) is 92.7 Å². The summed E-state index contributed by atoms with van der Waals surface area (Å²) >= 11 is 0. The Bertz CT molecular complexity index is 1640. The minimum absolute atomic E-state index is 0.00264. The molecule has 0 aliphatic carbocycles. The zero-order valence-corrected chi connectivity index (χ0v) is 28.8. The Hall–Kier alpha value is -4.51. The van der Waals surface area contributed by atoms with Gasteiger partial charge in [-0.1, -0.05) is 38.6 Å². The predicted molar refractivity (Wildman–Crippen MR) is 186 cm³/mol.